The van der Waals surface area contributed by atoms with E-state index in [1.807, 2.05) is 29.2 Å². The molecule has 1 fully saturated rings. The fraction of sp³-hybridized carbons (Fsp3) is 0.462. The topological polar surface area (TPSA) is 41.6 Å². The minimum Gasteiger partial charge on any atom is -0.374 e. The van der Waals surface area contributed by atoms with Crippen LogP contribution in [0.2, 0.25) is 0 Å². The Labute approximate surface area is 101 Å². The molecule has 1 amide bonds. The molecule has 3 rings (SSSR count). The van der Waals surface area contributed by atoms with Gasteiger partial charge in [-0.1, -0.05) is 18.2 Å². The van der Waals surface area contributed by atoms with Crippen molar-refractivity contribution in [2.24, 2.45) is 0 Å². The summed E-state index contributed by atoms with van der Waals surface area (Å²) in [5, 5.41) is 3.28. The number of fused-ring (bicyclic) bond motifs is 1. The summed E-state index contributed by atoms with van der Waals surface area (Å²) < 4.78 is 5.63. The molecule has 1 N–H and O–H groups in total. The summed E-state index contributed by atoms with van der Waals surface area (Å²) in [4.78, 5) is 14.0. The molecule has 1 unspecified atom stereocenters. The molecule has 0 radical (unpaired) electrons. The molecule has 0 saturated carbocycles. The number of carbonyl (C=O) groups is 1. The van der Waals surface area contributed by atoms with E-state index < -0.39 is 0 Å². The summed E-state index contributed by atoms with van der Waals surface area (Å²) >= 11 is 0. The van der Waals surface area contributed by atoms with Crippen molar-refractivity contribution in [3.8, 4) is 0 Å². The number of hydrogen-bond donors (Lipinski definition) is 1. The lowest BCUT2D eigenvalue weighted by atomic mass is 10.1. The van der Waals surface area contributed by atoms with Crippen LogP contribution in [0.1, 0.15) is 15.9 Å². The summed E-state index contributed by atoms with van der Waals surface area (Å²) in [6.07, 6.45) is 0.127. The average molecular weight is 232 g/mol. The maximum absolute atomic E-state index is 12.1. The normalized spacial score (nSPS) is 23.9. The van der Waals surface area contributed by atoms with Crippen molar-refractivity contribution in [2.75, 3.05) is 26.2 Å². The fourth-order valence-electron chi connectivity index (χ4n) is 2.44. The number of nitrogens with zero attached hydrogens (tertiary/aromatic N) is 1. The van der Waals surface area contributed by atoms with Gasteiger partial charge in [-0.15, -0.1) is 0 Å². The molecule has 1 saturated heterocycles. The molecule has 17 heavy (non-hydrogen) atoms. The van der Waals surface area contributed by atoms with Crippen molar-refractivity contribution in [3.05, 3.63) is 35.4 Å². The van der Waals surface area contributed by atoms with E-state index in [9.17, 15) is 4.79 Å². The molecule has 1 atom stereocenters. The maximum Gasteiger partial charge on any atom is 0.254 e. The van der Waals surface area contributed by atoms with Crippen molar-refractivity contribution < 1.29 is 9.53 Å². The van der Waals surface area contributed by atoms with E-state index in [1.165, 1.54) is 0 Å². The average Bonchev–Trinajstić information content (AvgIpc) is 2.68. The molecule has 1 aromatic rings. The lowest BCUT2D eigenvalue weighted by Crippen LogP contribution is -2.45. The second-order valence-corrected chi connectivity index (χ2v) is 4.54. The van der Waals surface area contributed by atoms with Gasteiger partial charge in [-0.2, -0.15) is 0 Å². The third-order valence-electron chi connectivity index (χ3n) is 3.32. The summed E-state index contributed by atoms with van der Waals surface area (Å²) in [7, 11) is 0. The van der Waals surface area contributed by atoms with Crippen molar-refractivity contribution in [1.82, 2.24) is 10.2 Å². The molecule has 0 aromatic heterocycles. The Bertz CT molecular complexity index is 427. The van der Waals surface area contributed by atoms with Gasteiger partial charge in [-0.25, -0.2) is 0 Å². The fourth-order valence-corrected chi connectivity index (χ4v) is 2.44. The highest BCUT2D eigenvalue weighted by Crippen LogP contribution is 2.22. The van der Waals surface area contributed by atoms with Gasteiger partial charge in [0, 0.05) is 31.7 Å². The highest BCUT2D eigenvalue weighted by Gasteiger charge is 2.29. The van der Waals surface area contributed by atoms with Crippen LogP contribution in [-0.2, 0) is 11.3 Å². The van der Waals surface area contributed by atoms with Gasteiger partial charge in [-0.05, 0) is 11.6 Å². The number of carbonyl (C=O) groups excluding carboxylic acids is 1. The molecule has 2 heterocycles. The van der Waals surface area contributed by atoms with Crippen molar-refractivity contribution >= 4 is 5.91 Å². The van der Waals surface area contributed by atoms with Crippen LogP contribution >= 0.6 is 0 Å². The molecular formula is C13H16N2O2. The Morgan fingerprint density at radius 3 is 3.06 bits per heavy atom. The number of ether oxygens (including phenoxy) is 1. The smallest absolute Gasteiger partial charge is 0.254 e. The Hall–Kier alpha value is -1.39. The van der Waals surface area contributed by atoms with Crippen LogP contribution in [0.15, 0.2) is 24.3 Å². The van der Waals surface area contributed by atoms with E-state index >= 15 is 0 Å². The molecule has 2 aliphatic rings. The molecular weight excluding hydrogens is 216 g/mol. The third-order valence-corrected chi connectivity index (χ3v) is 3.32. The predicted molar refractivity (Wildman–Crippen MR) is 63.8 cm³/mol. The minimum atomic E-state index is 0.127. The Balaban J connectivity index is 1.69. The van der Waals surface area contributed by atoms with Crippen molar-refractivity contribution in [2.45, 2.75) is 12.6 Å². The van der Waals surface area contributed by atoms with E-state index in [2.05, 4.69) is 5.32 Å². The first-order valence-corrected chi connectivity index (χ1v) is 6.04. The summed E-state index contributed by atoms with van der Waals surface area (Å²) in [5.41, 5.74) is 1.97. The van der Waals surface area contributed by atoms with Crippen molar-refractivity contribution in [3.63, 3.8) is 0 Å². The number of morpholine rings is 1. The van der Waals surface area contributed by atoms with Gasteiger partial charge in [0.2, 0.25) is 0 Å². The first-order valence-electron chi connectivity index (χ1n) is 6.04. The van der Waals surface area contributed by atoms with E-state index in [-0.39, 0.29) is 12.0 Å². The van der Waals surface area contributed by atoms with Crippen LogP contribution in [0.4, 0.5) is 0 Å². The quantitative estimate of drug-likeness (QED) is 0.813. The zero-order valence-electron chi connectivity index (χ0n) is 9.69. The van der Waals surface area contributed by atoms with Gasteiger partial charge in [0.05, 0.1) is 12.7 Å². The Morgan fingerprint density at radius 2 is 2.29 bits per heavy atom. The number of benzene rings is 1. The monoisotopic (exact) mass is 232 g/mol. The maximum atomic E-state index is 12.1. The van der Waals surface area contributed by atoms with Crippen LogP contribution in [0, 0.1) is 0 Å². The molecule has 90 valence electrons. The highest BCUT2D eigenvalue weighted by atomic mass is 16.5. The molecule has 0 spiro atoms. The summed E-state index contributed by atoms with van der Waals surface area (Å²) in [5.74, 6) is 0.134. The zero-order valence-corrected chi connectivity index (χ0v) is 9.69. The van der Waals surface area contributed by atoms with Crippen LogP contribution in [0.5, 0.6) is 0 Å². The lowest BCUT2D eigenvalue weighted by molar-refractivity contribution is 0.00683. The molecule has 0 bridgehead atoms. The van der Waals surface area contributed by atoms with Crippen LogP contribution in [-0.4, -0.2) is 43.2 Å². The Kier molecular flexibility index (Phi) is 2.82. The lowest BCUT2D eigenvalue weighted by Gasteiger charge is -2.27. The SMILES string of the molecule is O=C1c2ccccc2CN1CC1CNCCO1. The molecule has 4 heteroatoms. The van der Waals surface area contributed by atoms with Gasteiger partial charge < -0.3 is 15.0 Å². The number of nitrogens with one attached hydrogen (secondary N) is 1. The number of amides is 1. The summed E-state index contributed by atoms with van der Waals surface area (Å²) in [6, 6.07) is 7.82. The van der Waals surface area contributed by atoms with Gasteiger partial charge in [0.25, 0.3) is 5.91 Å². The van der Waals surface area contributed by atoms with Crippen molar-refractivity contribution in [1.29, 1.82) is 0 Å². The largest absolute Gasteiger partial charge is 0.374 e. The predicted octanol–water partition coefficient (Wildman–Crippen LogP) is 0.631. The first kappa shape index (κ1) is 10.7. The van der Waals surface area contributed by atoms with Gasteiger partial charge in [0.1, 0.15) is 0 Å². The molecule has 4 nitrogen and oxygen atoms in total. The summed E-state index contributed by atoms with van der Waals surface area (Å²) in [6.45, 7) is 3.87. The number of hydrogen-bond acceptors (Lipinski definition) is 3. The van der Waals surface area contributed by atoms with Gasteiger partial charge in [0.15, 0.2) is 0 Å². The Morgan fingerprint density at radius 1 is 1.41 bits per heavy atom. The molecule has 1 aromatic carbocycles. The van der Waals surface area contributed by atoms with Gasteiger partial charge in [-0.3, -0.25) is 4.79 Å². The van der Waals surface area contributed by atoms with E-state index in [0.717, 1.165) is 37.4 Å². The molecule has 0 aliphatic carbocycles. The standard InChI is InChI=1S/C13H16N2O2/c16-13-12-4-2-1-3-10(12)8-15(13)9-11-7-14-5-6-17-11/h1-4,11,14H,5-9H2. The third kappa shape index (κ3) is 2.06. The van der Waals surface area contributed by atoms with E-state index in [1.54, 1.807) is 0 Å². The second kappa shape index (κ2) is 4.47. The highest BCUT2D eigenvalue weighted by molar-refractivity contribution is 5.98. The van der Waals surface area contributed by atoms with Crippen LogP contribution in [0.25, 0.3) is 0 Å². The molecule has 2 aliphatic heterocycles. The van der Waals surface area contributed by atoms with E-state index in [4.69, 9.17) is 4.74 Å². The zero-order chi connectivity index (χ0) is 11.7. The van der Waals surface area contributed by atoms with E-state index in [0.29, 0.717) is 6.54 Å². The van der Waals surface area contributed by atoms with Gasteiger partial charge >= 0.3 is 0 Å². The number of rotatable bonds is 2. The van der Waals surface area contributed by atoms with Crippen LogP contribution < -0.4 is 5.32 Å². The first-order chi connectivity index (χ1) is 8.34. The second-order valence-electron chi connectivity index (χ2n) is 4.54. The minimum absolute atomic E-state index is 0.127. The van der Waals surface area contributed by atoms with Crippen LogP contribution in [0.3, 0.4) is 0 Å².